The third kappa shape index (κ3) is 2.80. The van der Waals surface area contributed by atoms with Crippen molar-refractivity contribution in [1.29, 1.82) is 0 Å². The smallest absolute Gasteiger partial charge is 0.316 e. The Morgan fingerprint density at radius 1 is 1.40 bits per heavy atom. The van der Waals surface area contributed by atoms with Gasteiger partial charge in [0.05, 0.1) is 7.11 Å². The van der Waals surface area contributed by atoms with Crippen LogP contribution in [0.4, 0.5) is 0 Å². The van der Waals surface area contributed by atoms with Gasteiger partial charge in [0.1, 0.15) is 11.7 Å². The summed E-state index contributed by atoms with van der Waals surface area (Å²) in [6.45, 7) is 4.02. The zero-order valence-corrected chi connectivity index (χ0v) is 9.79. The van der Waals surface area contributed by atoms with E-state index in [-0.39, 0.29) is 17.7 Å². The summed E-state index contributed by atoms with van der Waals surface area (Å²) < 4.78 is 4.65. The second-order valence-electron chi connectivity index (χ2n) is 4.50. The number of carbonyl (C=O) groups excluding carboxylic acids is 2. The van der Waals surface area contributed by atoms with Gasteiger partial charge in [-0.2, -0.15) is 0 Å². The van der Waals surface area contributed by atoms with Gasteiger partial charge >= 0.3 is 5.97 Å². The predicted octanol–water partition coefficient (Wildman–Crippen LogP) is 2.19. The Morgan fingerprint density at radius 2 is 2.07 bits per heavy atom. The molecule has 3 atom stereocenters. The molecule has 0 aromatic carbocycles. The molecular weight excluding hydrogens is 192 g/mol. The molecule has 0 aromatic heterocycles. The van der Waals surface area contributed by atoms with Crippen molar-refractivity contribution in [3.63, 3.8) is 0 Å². The summed E-state index contributed by atoms with van der Waals surface area (Å²) in [6, 6.07) is 0. The quantitative estimate of drug-likeness (QED) is 0.530. The fourth-order valence-electron chi connectivity index (χ4n) is 2.38. The number of methoxy groups -OCH3 is 1. The molecule has 1 rings (SSSR count). The molecule has 0 aliphatic heterocycles. The van der Waals surface area contributed by atoms with Gasteiger partial charge in [-0.05, 0) is 31.6 Å². The number of carbonyl (C=O) groups is 2. The number of ketones is 1. The van der Waals surface area contributed by atoms with Crippen LogP contribution >= 0.6 is 0 Å². The molecule has 1 saturated carbocycles. The van der Waals surface area contributed by atoms with E-state index in [1.165, 1.54) is 7.11 Å². The molecule has 1 fully saturated rings. The standard InChI is InChI=1S/C12H20O3/c1-4-10(12(14)15-3)11(13)9-6-5-8(2)7-9/h8-10H,4-7H2,1-3H3. The predicted molar refractivity (Wildman–Crippen MR) is 57.3 cm³/mol. The van der Waals surface area contributed by atoms with Crippen LogP contribution in [0, 0.1) is 17.8 Å². The van der Waals surface area contributed by atoms with Crippen molar-refractivity contribution < 1.29 is 14.3 Å². The second-order valence-corrected chi connectivity index (χ2v) is 4.50. The van der Waals surface area contributed by atoms with Crippen molar-refractivity contribution in [3.8, 4) is 0 Å². The molecule has 1 aliphatic carbocycles. The van der Waals surface area contributed by atoms with Gasteiger partial charge in [-0.1, -0.05) is 13.8 Å². The molecule has 0 aromatic rings. The summed E-state index contributed by atoms with van der Waals surface area (Å²) in [5.74, 6) is -0.112. The summed E-state index contributed by atoms with van der Waals surface area (Å²) in [5.41, 5.74) is 0. The summed E-state index contributed by atoms with van der Waals surface area (Å²) in [7, 11) is 1.34. The van der Waals surface area contributed by atoms with Crippen LogP contribution in [0.25, 0.3) is 0 Å². The minimum Gasteiger partial charge on any atom is -0.468 e. The molecule has 3 nitrogen and oxygen atoms in total. The first-order valence-corrected chi connectivity index (χ1v) is 5.71. The zero-order chi connectivity index (χ0) is 11.4. The van der Waals surface area contributed by atoms with E-state index in [2.05, 4.69) is 11.7 Å². The van der Waals surface area contributed by atoms with Crippen molar-refractivity contribution in [3.05, 3.63) is 0 Å². The zero-order valence-electron chi connectivity index (χ0n) is 9.79. The highest BCUT2D eigenvalue weighted by Gasteiger charge is 2.35. The lowest BCUT2D eigenvalue weighted by Gasteiger charge is -2.15. The molecule has 0 radical (unpaired) electrons. The maximum atomic E-state index is 12.0. The SMILES string of the molecule is CCC(C(=O)OC)C(=O)C1CCC(C)C1. The molecule has 0 N–H and O–H groups in total. The minimum atomic E-state index is -0.537. The van der Waals surface area contributed by atoms with Crippen LogP contribution < -0.4 is 0 Å². The fourth-order valence-corrected chi connectivity index (χ4v) is 2.38. The van der Waals surface area contributed by atoms with E-state index in [0.717, 1.165) is 19.3 Å². The average Bonchev–Trinajstić information content (AvgIpc) is 2.65. The largest absolute Gasteiger partial charge is 0.468 e. The first kappa shape index (κ1) is 12.2. The molecule has 86 valence electrons. The third-order valence-corrected chi connectivity index (χ3v) is 3.33. The Bertz CT molecular complexity index is 247. The number of hydrogen-bond acceptors (Lipinski definition) is 3. The Kier molecular flexibility index (Phi) is 4.30. The van der Waals surface area contributed by atoms with Gasteiger partial charge in [0.2, 0.25) is 0 Å². The molecule has 3 unspecified atom stereocenters. The Labute approximate surface area is 91.2 Å². The monoisotopic (exact) mass is 212 g/mol. The van der Waals surface area contributed by atoms with Gasteiger partial charge in [0.25, 0.3) is 0 Å². The second kappa shape index (κ2) is 5.29. The van der Waals surface area contributed by atoms with E-state index in [1.54, 1.807) is 0 Å². The number of ether oxygens (including phenoxy) is 1. The van der Waals surface area contributed by atoms with Crippen molar-refractivity contribution in [2.24, 2.45) is 17.8 Å². The number of rotatable bonds is 4. The van der Waals surface area contributed by atoms with Crippen molar-refractivity contribution in [2.45, 2.75) is 39.5 Å². The van der Waals surface area contributed by atoms with E-state index < -0.39 is 5.92 Å². The van der Waals surface area contributed by atoms with E-state index >= 15 is 0 Å². The highest BCUT2D eigenvalue weighted by atomic mass is 16.5. The molecule has 15 heavy (non-hydrogen) atoms. The fraction of sp³-hybridized carbons (Fsp3) is 0.833. The van der Waals surface area contributed by atoms with Gasteiger partial charge in [0, 0.05) is 5.92 Å². The lowest BCUT2D eigenvalue weighted by molar-refractivity contribution is -0.150. The Hall–Kier alpha value is -0.860. The van der Waals surface area contributed by atoms with E-state index in [1.807, 2.05) is 6.92 Å². The van der Waals surface area contributed by atoms with Crippen LogP contribution in [0.3, 0.4) is 0 Å². The molecule has 3 heteroatoms. The highest BCUT2D eigenvalue weighted by molar-refractivity contribution is 6.00. The van der Waals surface area contributed by atoms with E-state index in [0.29, 0.717) is 12.3 Å². The van der Waals surface area contributed by atoms with Gasteiger partial charge in [-0.25, -0.2) is 0 Å². The van der Waals surface area contributed by atoms with E-state index in [4.69, 9.17) is 0 Å². The maximum absolute atomic E-state index is 12.0. The van der Waals surface area contributed by atoms with Gasteiger partial charge < -0.3 is 4.74 Å². The van der Waals surface area contributed by atoms with Crippen LogP contribution in [-0.2, 0) is 14.3 Å². The molecular formula is C12H20O3. The lowest BCUT2D eigenvalue weighted by atomic mass is 9.89. The Balaban J connectivity index is 2.61. The van der Waals surface area contributed by atoms with Crippen LogP contribution in [0.2, 0.25) is 0 Å². The van der Waals surface area contributed by atoms with Crippen LogP contribution in [0.5, 0.6) is 0 Å². The van der Waals surface area contributed by atoms with Crippen molar-refractivity contribution in [1.82, 2.24) is 0 Å². The van der Waals surface area contributed by atoms with Crippen molar-refractivity contribution in [2.75, 3.05) is 7.11 Å². The lowest BCUT2D eigenvalue weighted by Crippen LogP contribution is -2.29. The Morgan fingerprint density at radius 3 is 2.47 bits per heavy atom. The van der Waals surface area contributed by atoms with Crippen LogP contribution in [0.1, 0.15) is 39.5 Å². The molecule has 0 bridgehead atoms. The molecule has 0 heterocycles. The summed E-state index contributed by atoms with van der Waals surface area (Å²) in [5, 5.41) is 0. The van der Waals surface area contributed by atoms with Crippen LogP contribution in [-0.4, -0.2) is 18.9 Å². The summed E-state index contributed by atoms with van der Waals surface area (Å²) >= 11 is 0. The number of esters is 1. The van der Waals surface area contributed by atoms with Crippen LogP contribution in [0.15, 0.2) is 0 Å². The third-order valence-electron chi connectivity index (χ3n) is 3.33. The van der Waals surface area contributed by atoms with Gasteiger partial charge in [-0.15, -0.1) is 0 Å². The van der Waals surface area contributed by atoms with Gasteiger partial charge in [-0.3, -0.25) is 9.59 Å². The summed E-state index contributed by atoms with van der Waals surface area (Å²) in [6.07, 6.45) is 3.53. The average molecular weight is 212 g/mol. The van der Waals surface area contributed by atoms with Crippen molar-refractivity contribution >= 4 is 11.8 Å². The molecule has 0 amide bonds. The highest BCUT2D eigenvalue weighted by Crippen LogP contribution is 2.33. The van der Waals surface area contributed by atoms with Gasteiger partial charge in [0.15, 0.2) is 0 Å². The molecule has 0 spiro atoms. The number of Topliss-reactive ketones (excluding diaryl/α,β-unsaturated/α-hetero) is 1. The topological polar surface area (TPSA) is 43.4 Å². The first-order chi connectivity index (χ1) is 7.10. The first-order valence-electron chi connectivity index (χ1n) is 5.71. The minimum absolute atomic E-state index is 0.0871. The summed E-state index contributed by atoms with van der Waals surface area (Å²) in [4.78, 5) is 23.4. The normalized spacial score (nSPS) is 27.4. The van der Waals surface area contributed by atoms with E-state index in [9.17, 15) is 9.59 Å². The number of hydrogen-bond donors (Lipinski definition) is 0. The molecule has 1 aliphatic rings. The maximum Gasteiger partial charge on any atom is 0.316 e. The molecule has 0 saturated heterocycles.